The lowest BCUT2D eigenvalue weighted by atomic mass is 9.84. The van der Waals surface area contributed by atoms with Gasteiger partial charge in [0.05, 0.1) is 5.69 Å². The van der Waals surface area contributed by atoms with Crippen LogP contribution in [0.25, 0.3) is 11.3 Å². The minimum atomic E-state index is -1.37. The molecule has 1 atom stereocenters. The molecule has 9 heteroatoms. The zero-order valence-electron chi connectivity index (χ0n) is 18.3. The van der Waals surface area contributed by atoms with Gasteiger partial charge in [-0.2, -0.15) is 5.10 Å². The number of carboxylic acid groups (broad SMARTS) is 1. The molecule has 0 aliphatic rings. The minimum Gasteiger partial charge on any atom is -0.465 e. The van der Waals surface area contributed by atoms with Crippen molar-refractivity contribution in [2.24, 2.45) is 0 Å². The van der Waals surface area contributed by atoms with E-state index in [0.717, 1.165) is 17.2 Å². The van der Waals surface area contributed by atoms with Crippen LogP contribution in [0.3, 0.4) is 0 Å². The van der Waals surface area contributed by atoms with Gasteiger partial charge in [0.1, 0.15) is 11.9 Å². The molecule has 0 spiro atoms. The lowest BCUT2D eigenvalue weighted by molar-refractivity contribution is -0.118. The highest BCUT2D eigenvalue weighted by atomic mass is 19.1. The summed E-state index contributed by atoms with van der Waals surface area (Å²) in [6.07, 6.45) is -1.37. The van der Waals surface area contributed by atoms with Gasteiger partial charge in [0, 0.05) is 23.2 Å². The van der Waals surface area contributed by atoms with Crippen LogP contribution in [0, 0.1) is 5.82 Å². The highest BCUT2D eigenvalue weighted by Gasteiger charge is 2.32. The van der Waals surface area contributed by atoms with Crippen molar-refractivity contribution in [2.75, 3.05) is 5.32 Å². The fourth-order valence-electron chi connectivity index (χ4n) is 3.85. The second kappa shape index (κ2) is 10.4. The van der Waals surface area contributed by atoms with E-state index in [1.165, 1.54) is 24.3 Å². The fraction of sp³-hybridized carbons (Fsp3) is 0.0769. The maximum Gasteiger partial charge on any atom is 0.405 e. The molecule has 0 fully saturated rings. The molecule has 4 N–H and O–H groups in total. The summed E-state index contributed by atoms with van der Waals surface area (Å²) in [5.74, 6) is -1.96. The van der Waals surface area contributed by atoms with Gasteiger partial charge >= 0.3 is 6.09 Å². The third-order valence-corrected chi connectivity index (χ3v) is 5.40. The lowest BCUT2D eigenvalue weighted by Gasteiger charge is -2.27. The van der Waals surface area contributed by atoms with Gasteiger partial charge in [-0.15, -0.1) is 0 Å². The number of anilines is 1. The molecule has 0 radical (unpaired) electrons. The number of nitrogens with zero attached hydrogens (tertiary/aromatic N) is 1. The van der Waals surface area contributed by atoms with Crippen LogP contribution in [-0.2, 0) is 4.79 Å². The monoisotopic (exact) mass is 472 g/mol. The van der Waals surface area contributed by atoms with Gasteiger partial charge in [-0.25, -0.2) is 14.3 Å². The van der Waals surface area contributed by atoms with Crippen molar-refractivity contribution in [1.82, 2.24) is 15.5 Å². The van der Waals surface area contributed by atoms with Crippen LogP contribution in [0.2, 0.25) is 0 Å². The van der Waals surface area contributed by atoms with Crippen molar-refractivity contribution in [3.63, 3.8) is 0 Å². The Morgan fingerprint density at radius 3 is 2.03 bits per heavy atom. The third-order valence-electron chi connectivity index (χ3n) is 5.40. The molecule has 3 aromatic carbocycles. The van der Waals surface area contributed by atoms with Gasteiger partial charge < -0.3 is 15.7 Å². The van der Waals surface area contributed by atoms with Gasteiger partial charge in [-0.05, 0) is 35.4 Å². The molecule has 0 saturated heterocycles. The Bertz CT molecular complexity index is 1330. The van der Waals surface area contributed by atoms with Crippen LogP contribution < -0.4 is 16.2 Å². The molecule has 4 aromatic rings. The largest absolute Gasteiger partial charge is 0.465 e. The first-order valence-corrected chi connectivity index (χ1v) is 10.7. The predicted molar refractivity (Wildman–Crippen MR) is 129 cm³/mol. The molecular weight excluding hydrogens is 451 g/mol. The molecule has 0 aliphatic carbocycles. The number of H-pyrrole nitrogens is 1. The van der Waals surface area contributed by atoms with Gasteiger partial charge in [-0.1, -0.05) is 60.7 Å². The number of hydrogen-bond acceptors (Lipinski definition) is 4. The van der Waals surface area contributed by atoms with E-state index < -0.39 is 35.3 Å². The number of rotatable bonds is 7. The Balaban J connectivity index is 1.66. The first-order chi connectivity index (χ1) is 16.9. The van der Waals surface area contributed by atoms with Gasteiger partial charge in [0.15, 0.2) is 0 Å². The molecule has 4 rings (SSSR count). The molecule has 176 valence electrons. The van der Waals surface area contributed by atoms with Gasteiger partial charge in [0.2, 0.25) is 5.91 Å². The Morgan fingerprint density at radius 1 is 0.886 bits per heavy atom. The van der Waals surface area contributed by atoms with Crippen LogP contribution in [0.5, 0.6) is 0 Å². The summed E-state index contributed by atoms with van der Waals surface area (Å²) in [7, 11) is 0. The number of halogens is 1. The second-order valence-electron chi connectivity index (χ2n) is 7.72. The van der Waals surface area contributed by atoms with Crippen LogP contribution >= 0.6 is 0 Å². The Labute approximate surface area is 199 Å². The molecular formula is C26H21FN4O4. The second-order valence-corrected chi connectivity index (χ2v) is 7.72. The summed E-state index contributed by atoms with van der Waals surface area (Å²) in [4.78, 5) is 36.2. The molecule has 1 heterocycles. The normalized spacial score (nSPS) is 11.6. The van der Waals surface area contributed by atoms with Crippen LogP contribution in [0.4, 0.5) is 14.9 Å². The van der Waals surface area contributed by atoms with Crippen LogP contribution in [-0.4, -0.2) is 33.3 Å². The zero-order chi connectivity index (χ0) is 24.8. The number of aromatic amines is 1. The number of nitrogens with one attached hydrogen (secondary N) is 3. The average molecular weight is 472 g/mol. The summed E-state index contributed by atoms with van der Waals surface area (Å²) < 4.78 is 14.8. The van der Waals surface area contributed by atoms with Crippen LogP contribution in [0.15, 0.2) is 95.8 Å². The quantitative estimate of drug-likeness (QED) is 0.324. The van der Waals surface area contributed by atoms with E-state index >= 15 is 0 Å². The van der Waals surface area contributed by atoms with E-state index in [4.69, 9.17) is 0 Å². The van der Waals surface area contributed by atoms with E-state index in [1.807, 2.05) is 36.4 Å². The Hall–Kier alpha value is -4.79. The molecule has 0 saturated carbocycles. The van der Waals surface area contributed by atoms with Crippen LogP contribution in [0.1, 0.15) is 17.0 Å². The van der Waals surface area contributed by atoms with Crippen molar-refractivity contribution in [3.8, 4) is 11.3 Å². The Morgan fingerprint density at radius 2 is 1.51 bits per heavy atom. The predicted octanol–water partition coefficient (Wildman–Crippen LogP) is 3.98. The van der Waals surface area contributed by atoms with Crippen molar-refractivity contribution < 1.29 is 19.1 Å². The van der Waals surface area contributed by atoms with E-state index in [9.17, 15) is 23.9 Å². The number of benzene rings is 3. The van der Waals surface area contributed by atoms with Crippen molar-refractivity contribution in [1.29, 1.82) is 0 Å². The summed E-state index contributed by atoms with van der Waals surface area (Å²) in [5, 5.41) is 20.5. The molecule has 0 unspecified atom stereocenters. The fourth-order valence-corrected chi connectivity index (χ4v) is 3.85. The first kappa shape index (κ1) is 23.4. The number of aromatic nitrogens is 2. The molecule has 1 aromatic heterocycles. The molecule has 35 heavy (non-hydrogen) atoms. The third kappa shape index (κ3) is 5.59. The smallest absolute Gasteiger partial charge is 0.405 e. The number of hydrogen-bond donors (Lipinski definition) is 4. The van der Waals surface area contributed by atoms with E-state index in [2.05, 4.69) is 20.8 Å². The summed E-state index contributed by atoms with van der Waals surface area (Å²) in [6, 6.07) is 23.5. The molecule has 0 aliphatic heterocycles. The molecule has 8 nitrogen and oxygen atoms in total. The SMILES string of the molecule is O=C(O)N[C@H](C(=O)Nc1ccc(-c2ccc(=O)[nH]n2)c(F)c1)C(c1ccccc1)c1ccccc1. The maximum absolute atomic E-state index is 14.8. The molecule has 0 bridgehead atoms. The summed E-state index contributed by atoms with van der Waals surface area (Å²) in [6.45, 7) is 0. The maximum atomic E-state index is 14.8. The van der Waals surface area contributed by atoms with E-state index in [1.54, 1.807) is 24.3 Å². The topological polar surface area (TPSA) is 124 Å². The van der Waals surface area contributed by atoms with Crippen molar-refractivity contribution in [3.05, 3.63) is 118 Å². The highest BCUT2D eigenvalue weighted by Crippen LogP contribution is 2.30. The number of carbonyl (C=O) groups excluding carboxylic acids is 1. The lowest BCUT2D eigenvalue weighted by Crippen LogP contribution is -2.47. The number of amides is 2. The average Bonchev–Trinajstić information content (AvgIpc) is 2.85. The van der Waals surface area contributed by atoms with Gasteiger partial charge in [-0.3, -0.25) is 9.59 Å². The summed E-state index contributed by atoms with van der Waals surface area (Å²) >= 11 is 0. The minimum absolute atomic E-state index is 0.130. The van der Waals surface area contributed by atoms with E-state index in [-0.39, 0.29) is 16.9 Å². The van der Waals surface area contributed by atoms with Gasteiger partial charge in [0.25, 0.3) is 5.56 Å². The van der Waals surface area contributed by atoms with E-state index in [0.29, 0.717) is 0 Å². The molecule has 2 amide bonds. The zero-order valence-corrected chi connectivity index (χ0v) is 18.3. The highest BCUT2D eigenvalue weighted by molar-refractivity contribution is 5.97. The summed E-state index contributed by atoms with van der Waals surface area (Å²) in [5.41, 5.74) is 1.54. The number of carbonyl (C=O) groups is 2. The van der Waals surface area contributed by atoms with Crippen molar-refractivity contribution in [2.45, 2.75) is 12.0 Å². The Kier molecular flexibility index (Phi) is 6.96. The standard InChI is InChI=1S/C26H21FN4O4/c27-20-15-18(11-12-19(20)21-13-14-22(32)31-30-21)28-25(33)24(29-26(34)35)23(16-7-3-1-4-8-16)17-9-5-2-6-10-17/h1-15,23-24,29H,(H,28,33)(H,31,32)(H,34,35)/t24-/m0/s1. The first-order valence-electron chi connectivity index (χ1n) is 10.7. The van der Waals surface area contributed by atoms with Crippen molar-refractivity contribution >= 4 is 17.7 Å².